The van der Waals surface area contributed by atoms with Gasteiger partial charge in [-0.2, -0.15) is 0 Å². The lowest BCUT2D eigenvalue weighted by Crippen LogP contribution is -2.37. The Hall–Kier alpha value is -3.30. The highest BCUT2D eigenvalue weighted by Crippen LogP contribution is 2.27. The zero-order valence-corrected chi connectivity index (χ0v) is 18.2. The number of aliphatic hydroxyl groups excluding tert-OH is 1. The number of hydrogen-bond donors (Lipinski definition) is 4. The zero-order valence-electron chi connectivity index (χ0n) is 18.2. The number of nitrogens with zero attached hydrogens (tertiary/aromatic N) is 2. The fourth-order valence-corrected chi connectivity index (χ4v) is 4.25. The number of benzene rings is 1. The fourth-order valence-electron chi connectivity index (χ4n) is 4.25. The third-order valence-corrected chi connectivity index (χ3v) is 5.98. The Labute approximate surface area is 190 Å². The van der Waals surface area contributed by atoms with Crippen LogP contribution in [0.5, 0.6) is 5.75 Å². The Morgan fingerprint density at radius 2 is 1.94 bits per heavy atom. The van der Waals surface area contributed by atoms with Crippen molar-refractivity contribution in [2.45, 2.75) is 25.8 Å². The van der Waals surface area contributed by atoms with E-state index in [-0.39, 0.29) is 36.0 Å². The Bertz CT molecular complexity index is 1200. The number of carbonyl (C=O) groups excluding carboxylic acids is 1. The van der Waals surface area contributed by atoms with Gasteiger partial charge >= 0.3 is 0 Å². The van der Waals surface area contributed by atoms with Crippen LogP contribution < -0.4 is 16.2 Å². The molecule has 2 aromatic heterocycles. The van der Waals surface area contributed by atoms with Gasteiger partial charge in [-0.05, 0) is 67.6 Å². The Morgan fingerprint density at radius 1 is 1.21 bits per heavy atom. The molecule has 0 aliphatic carbocycles. The van der Waals surface area contributed by atoms with Crippen LogP contribution in [0.1, 0.15) is 34.3 Å². The predicted octanol–water partition coefficient (Wildman–Crippen LogP) is 1.55. The molecule has 9 heteroatoms. The summed E-state index contributed by atoms with van der Waals surface area (Å²) in [5.41, 5.74) is 1.34. The molecule has 0 saturated carbocycles. The average Bonchev–Trinajstić information content (AvgIpc) is 2.82. The van der Waals surface area contributed by atoms with Gasteiger partial charge in [0.05, 0.1) is 12.1 Å². The van der Waals surface area contributed by atoms with E-state index in [9.17, 15) is 19.1 Å². The van der Waals surface area contributed by atoms with Crippen LogP contribution in [0.4, 0.5) is 4.39 Å². The quantitative estimate of drug-likeness (QED) is 0.431. The van der Waals surface area contributed by atoms with Crippen molar-refractivity contribution in [3.63, 3.8) is 0 Å². The van der Waals surface area contributed by atoms with Crippen molar-refractivity contribution in [2.24, 2.45) is 5.92 Å². The Kier molecular flexibility index (Phi) is 7.00. The van der Waals surface area contributed by atoms with Crippen molar-refractivity contribution < 1.29 is 19.4 Å². The minimum absolute atomic E-state index is 0.0336. The van der Waals surface area contributed by atoms with E-state index in [2.05, 4.69) is 15.6 Å². The van der Waals surface area contributed by atoms with Gasteiger partial charge in [0, 0.05) is 19.3 Å². The third-order valence-electron chi connectivity index (χ3n) is 5.98. The predicted molar refractivity (Wildman–Crippen MR) is 122 cm³/mol. The van der Waals surface area contributed by atoms with Crippen molar-refractivity contribution in [3.05, 3.63) is 69.4 Å². The summed E-state index contributed by atoms with van der Waals surface area (Å²) in [6.07, 6.45) is 3.84. The number of fused-ring (bicyclic) bond motifs is 1. The van der Waals surface area contributed by atoms with Gasteiger partial charge in [0.1, 0.15) is 16.9 Å². The largest absolute Gasteiger partial charge is 0.505 e. The van der Waals surface area contributed by atoms with Crippen molar-refractivity contribution in [1.82, 2.24) is 20.2 Å². The van der Waals surface area contributed by atoms with E-state index in [0.29, 0.717) is 18.5 Å². The first-order valence-electron chi connectivity index (χ1n) is 11.1. The summed E-state index contributed by atoms with van der Waals surface area (Å²) in [7, 11) is 0. The number of halogens is 1. The highest BCUT2D eigenvalue weighted by atomic mass is 19.1. The number of aromatic hydroxyl groups is 1. The molecule has 3 heterocycles. The van der Waals surface area contributed by atoms with E-state index < -0.39 is 17.2 Å². The summed E-state index contributed by atoms with van der Waals surface area (Å²) in [6, 6.07) is 7.95. The number of rotatable bonds is 7. The normalized spacial score (nSPS) is 14.5. The van der Waals surface area contributed by atoms with Gasteiger partial charge in [0.15, 0.2) is 5.75 Å². The van der Waals surface area contributed by atoms with Crippen LogP contribution in [-0.2, 0) is 13.0 Å². The number of piperidine rings is 1. The van der Waals surface area contributed by atoms with Gasteiger partial charge < -0.3 is 25.4 Å². The summed E-state index contributed by atoms with van der Waals surface area (Å²) < 4.78 is 14.8. The van der Waals surface area contributed by atoms with Crippen molar-refractivity contribution >= 4 is 16.9 Å². The molecular formula is C24H27FN4O4. The molecule has 0 spiro atoms. The first kappa shape index (κ1) is 22.9. The molecule has 1 saturated heterocycles. The van der Waals surface area contributed by atoms with Gasteiger partial charge in [-0.25, -0.2) is 4.39 Å². The molecule has 0 atom stereocenters. The summed E-state index contributed by atoms with van der Waals surface area (Å²) in [6.45, 7) is 1.79. The second kappa shape index (κ2) is 10.1. The summed E-state index contributed by atoms with van der Waals surface area (Å²) in [4.78, 5) is 30.4. The minimum atomic E-state index is -0.746. The monoisotopic (exact) mass is 454 g/mol. The van der Waals surface area contributed by atoms with E-state index in [1.54, 1.807) is 24.4 Å². The molecule has 4 N–H and O–H groups in total. The van der Waals surface area contributed by atoms with Crippen LogP contribution in [-0.4, -0.2) is 51.9 Å². The van der Waals surface area contributed by atoms with Gasteiger partial charge in [-0.1, -0.05) is 12.1 Å². The Morgan fingerprint density at radius 3 is 2.64 bits per heavy atom. The standard InChI is InChI=1S/C24H27FN4O4/c25-18-3-1-15(2-4-18)11-17-12-19-21(28-13-17)22(31)20(23(32)27-9-10-30)24(33)29(19)14-16-5-7-26-8-6-16/h1-4,12-13,16,26,30-31H,5-11,14H2,(H,27,32). The molecule has 3 aromatic rings. The number of aliphatic hydroxyl groups is 1. The van der Waals surface area contributed by atoms with Gasteiger partial charge in [0.25, 0.3) is 11.5 Å². The lowest BCUT2D eigenvalue weighted by Gasteiger charge is -2.24. The maximum Gasteiger partial charge on any atom is 0.267 e. The number of nitrogens with one attached hydrogen (secondary N) is 2. The number of hydrogen-bond acceptors (Lipinski definition) is 6. The number of amides is 1. The average molecular weight is 455 g/mol. The maximum atomic E-state index is 13.4. The zero-order chi connectivity index (χ0) is 23.4. The number of carbonyl (C=O) groups is 1. The highest BCUT2D eigenvalue weighted by Gasteiger charge is 2.25. The van der Waals surface area contributed by atoms with E-state index in [1.165, 1.54) is 16.7 Å². The SMILES string of the molecule is O=C(NCCO)c1c(O)c2ncc(Cc3ccc(F)cc3)cc2n(CC2CCNCC2)c1=O. The molecule has 1 aromatic carbocycles. The van der Waals surface area contributed by atoms with Crippen molar-refractivity contribution in [2.75, 3.05) is 26.2 Å². The molecule has 4 rings (SSSR count). The van der Waals surface area contributed by atoms with E-state index in [1.807, 2.05) is 0 Å². The highest BCUT2D eigenvalue weighted by molar-refractivity contribution is 6.01. The molecule has 1 amide bonds. The van der Waals surface area contributed by atoms with Crippen LogP contribution in [0.15, 0.2) is 41.3 Å². The molecule has 174 valence electrons. The molecule has 1 fully saturated rings. The second-order valence-electron chi connectivity index (χ2n) is 8.33. The van der Waals surface area contributed by atoms with Crippen LogP contribution >= 0.6 is 0 Å². The maximum absolute atomic E-state index is 13.4. The van der Waals surface area contributed by atoms with Crippen LogP contribution in [0.3, 0.4) is 0 Å². The first-order valence-corrected chi connectivity index (χ1v) is 11.1. The Balaban J connectivity index is 1.80. The van der Waals surface area contributed by atoms with Gasteiger partial charge in [0.2, 0.25) is 0 Å². The molecule has 0 radical (unpaired) electrons. The van der Waals surface area contributed by atoms with Gasteiger partial charge in [-0.15, -0.1) is 0 Å². The minimum Gasteiger partial charge on any atom is -0.505 e. The molecule has 1 aliphatic rings. The molecule has 8 nitrogen and oxygen atoms in total. The molecular weight excluding hydrogens is 427 g/mol. The lowest BCUT2D eigenvalue weighted by atomic mass is 9.97. The van der Waals surface area contributed by atoms with Crippen molar-refractivity contribution in [1.29, 1.82) is 0 Å². The van der Waals surface area contributed by atoms with Crippen LogP contribution in [0.25, 0.3) is 11.0 Å². The molecule has 33 heavy (non-hydrogen) atoms. The van der Waals surface area contributed by atoms with Gasteiger partial charge in [-0.3, -0.25) is 14.6 Å². The molecule has 0 bridgehead atoms. The summed E-state index contributed by atoms with van der Waals surface area (Å²) in [5, 5.41) is 25.5. The van der Waals surface area contributed by atoms with Crippen LogP contribution in [0.2, 0.25) is 0 Å². The summed E-state index contributed by atoms with van der Waals surface area (Å²) in [5.74, 6) is -1.29. The third kappa shape index (κ3) is 5.04. The van der Waals surface area contributed by atoms with Crippen LogP contribution in [0, 0.1) is 11.7 Å². The van der Waals surface area contributed by atoms with E-state index >= 15 is 0 Å². The second-order valence-corrected chi connectivity index (χ2v) is 8.33. The number of aromatic nitrogens is 2. The van der Waals surface area contributed by atoms with E-state index in [4.69, 9.17) is 5.11 Å². The fraction of sp³-hybridized carbons (Fsp3) is 0.375. The first-order chi connectivity index (χ1) is 16.0. The lowest BCUT2D eigenvalue weighted by molar-refractivity contribution is 0.0940. The van der Waals surface area contributed by atoms with Crippen molar-refractivity contribution in [3.8, 4) is 5.75 Å². The topological polar surface area (TPSA) is 116 Å². The van der Waals surface area contributed by atoms with E-state index in [0.717, 1.165) is 37.1 Å². The summed E-state index contributed by atoms with van der Waals surface area (Å²) >= 11 is 0. The number of pyridine rings is 2. The molecule has 1 aliphatic heterocycles. The smallest absolute Gasteiger partial charge is 0.267 e. The molecule has 0 unspecified atom stereocenters.